The number of ether oxygens (including phenoxy) is 1. The summed E-state index contributed by atoms with van der Waals surface area (Å²) in [6, 6.07) is 1.62. The summed E-state index contributed by atoms with van der Waals surface area (Å²) in [5.41, 5.74) is -2.48. The van der Waals surface area contributed by atoms with E-state index >= 15 is 0 Å². The van der Waals surface area contributed by atoms with Gasteiger partial charge in [-0.15, -0.1) is 0 Å². The lowest BCUT2D eigenvalue weighted by Crippen LogP contribution is -2.14. The Morgan fingerprint density at radius 2 is 1.94 bits per heavy atom. The van der Waals surface area contributed by atoms with Crippen LogP contribution >= 0.6 is 11.6 Å². The highest BCUT2D eigenvalue weighted by atomic mass is 35.5. The summed E-state index contributed by atoms with van der Waals surface area (Å²) in [7, 11) is 0.934. The Bertz CT molecular complexity index is 428. The molecule has 0 aromatic heterocycles. The number of esters is 1. The summed E-state index contributed by atoms with van der Waals surface area (Å²) in [6.45, 7) is 0. The summed E-state index contributed by atoms with van der Waals surface area (Å²) in [5.74, 6) is -2.92. The van der Waals surface area contributed by atoms with Crippen LogP contribution in [0.4, 0.5) is 17.6 Å². The average Bonchev–Trinajstić information content (AvgIpc) is 2.14. The second kappa shape index (κ2) is 4.29. The van der Waals surface area contributed by atoms with Gasteiger partial charge in [0.25, 0.3) is 0 Å². The zero-order valence-corrected chi connectivity index (χ0v) is 8.62. The fourth-order valence-corrected chi connectivity index (χ4v) is 1.33. The van der Waals surface area contributed by atoms with Gasteiger partial charge >= 0.3 is 12.1 Å². The first-order valence-electron chi connectivity index (χ1n) is 3.92. The monoisotopic (exact) mass is 256 g/mol. The molecule has 0 aliphatic carbocycles. The number of hydrogen-bond donors (Lipinski definition) is 0. The van der Waals surface area contributed by atoms with Crippen LogP contribution in [0.1, 0.15) is 15.9 Å². The standard InChI is InChI=1S/C9H5ClF4O2/c1-16-8(15)4-2-3-5(10)6(7(4)11)9(12,13)14/h2-3H,1H3. The summed E-state index contributed by atoms with van der Waals surface area (Å²) in [6.07, 6.45) is -4.97. The van der Waals surface area contributed by atoms with Crippen molar-refractivity contribution in [3.8, 4) is 0 Å². The second-order valence-electron chi connectivity index (χ2n) is 2.77. The van der Waals surface area contributed by atoms with Gasteiger partial charge in [-0.05, 0) is 12.1 Å². The Balaban J connectivity index is 3.45. The maximum atomic E-state index is 13.4. The molecule has 2 nitrogen and oxygen atoms in total. The molecule has 1 aromatic carbocycles. The number of methoxy groups -OCH3 is 1. The first-order valence-corrected chi connectivity index (χ1v) is 4.30. The lowest BCUT2D eigenvalue weighted by molar-refractivity contribution is -0.139. The molecule has 0 fully saturated rings. The van der Waals surface area contributed by atoms with E-state index in [1.807, 2.05) is 0 Å². The van der Waals surface area contributed by atoms with E-state index in [1.165, 1.54) is 0 Å². The van der Waals surface area contributed by atoms with Gasteiger partial charge in [0.2, 0.25) is 0 Å². The van der Waals surface area contributed by atoms with Crippen LogP contribution in [-0.2, 0) is 10.9 Å². The molecule has 0 N–H and O–H groups in total. The van der Waals surface area contributed by atoms with Crippen molar-refractivity contribution < 1.29 is 27.1 Å². The number of halogens is 5. The molecule has 0 amide bonds. The zero-order valence-electron chi connectivity index (χ0n) is 7.86. The molecule has 0 atom stereocenters. The van der Waals surface area contributed by atoms with Gasteiger partial charge < -0.3 is 4.74 Å². The zero-order chi connectivity index (χ0) is 12.5. The molecule has 0 aliphatic heterocycles. The first kappa shape index (κ1) is 12.8. The quantitative estimate of drug-likeness (QED) is 0.569. The van der Waals surface area contributed by atoms with Gasteiger partial charge in [-0.2, -0.15) is 13.2 Å². The van der Waals surface area contributed by atoms with Crippen molar-refractivity contribution in [3.63, 3.8) is 0 Å². The van der Waals surface area contributed by atoms with E-state index in [2.05, 4.69) is 4.74 Å². The fourth-order valence-electron chi connectivity index (χ4n) is 1.08. The molecule has 0 aliphatic rings. The minimum absolute atomic E-state index is 0.791. The molecule has 0 unspecified atom stereocenters. The van der Waals surface area contributed by atoms with Gasteiger partial charge in [0.05, 0.1) is 17.7 Å². The number of rotatable bonds is 1. The minimum atomic E-state index is -4.97. The third-order valence-corrected chi connectivity index (χ3v) is 2.09. The number of carbonyl (C=O) groups is 1. The van der Waals surface area contributed by atoms with Gasteiger partial charge in [-0.25, -0.2) is 9.18 Å². The first-order chi connectivity index (χ1) is 7.29. The van der Waals surface area contributed by atoms with Crippen molar-refractivity contribution >= 4 is 17.6 Å². The largest absolute Gasteiger partial charge is 0.465 e. The van der Waals surface area contributed by atoms with Crippen molar-refractivity contribution in [1.29, 1.82) is 0 Å². The molecule has 16 heavy (non-hydrogen) atoms. The van der Waals surface area contributed by atoms with Crippen LogP contribution in [0.5, 0.6) is 0 Å². The smallest absolute Gasteiger partial charge is 0.420 e. The Morgan fingerprint density at radius 3 is 2.38 bits per heavy atom. The maximum absolute atomic E-state index is 13.4. The third-order valence-electron chi connectivity index (χ3n) is 1.78. The van der Waals surface area contributed by atoms with E-state index in [9.17, 15) is 22.4 Å². The molecule has 88 valence electrons. The topological polar surface area (TPSA) is 26.3 Å². The van der Waals surface area contributed by atoms with E-state index in [-0.39, 0.29) is 0 Å². The summed E-state index contributed by atoms with van der Waals surface area (Å²) in [4.78, 5) is 11.0. The summed E-state index contributed by atoms with van der Waals surface area (Å²) in [5, 5.41) is -0.808. The molecule has 0 heterocycles. The Hall–Kier alpha value is -1.30. The van der Waals surface area contributed by atoms with Crippen LogP contribution in [0.2, 0.25) is 5.02 Å². The molecule has 1 rings (SSSR count). The lowest BCUT2D eigenvalue weighted by atomic mass is 10.1. The molecule has 0 bridgehead atoms. The van der Waals surface area contributed by atoms with Crippen molar-refractivity contribution in [2.24, 2.45) is 0 Å². The second-order valence-corrected chi connectivity index (χ2v) is 3.18. The molecule has 1 aromatic rings. The molecule has 0 radical (unpaired) electrons. The van der Waals surface area contributed by atoms with E-state index in [0.717, 1.165) is 19.2 Å². The van der Waals surface area contributed by atoms with Crippen LogP contribution in [0.25, 0.3) is 0 Å². The molecule has 0 spiro atoms. The highest BCUT2D eigenvalue weighted by molar-refractivity contribution is 6.31. The van der Waals surface area contributed by atoms with Crippen LogP contribution < -0.4 is 0 Å². The number of carbonyl (C=O) groups excluding carboxylic acids is 1. The normalized spacial score (nSPS) is 11.4. The molecular formula is C9H5ClF4O2. The lowest BCUT2D eigenvalue weighted by Gasteiger charge is -2.11. The minimum Gasteiger partial charge on any atom is -0.465 e. The molecule has 0 saturated carbocycles. The van der Waals surface area contributed by atoms with Crippen LogP contribution in [0.3, 0.4) is 0 Å². The summed E-state index contributed by atoms with van der Waals surface area (Å²) >= 11 is 5.22. The molecular weight excluding hydrogens is 252 g/mol. The van der Waals surface area contributed by atoms with Crippen molar-refractivity contribution in [2.45, 2.75) is 6.18 Å². The SMILES string of the molecule is COC(=O)c1ccc(Cl)c(C(F)(F)F)c1F. The average molecular weight is 257 g/mol. The van der Waals surface area contributed by atoms with Crippen LogP contribution in [-0.4, -0.2) is 13.1 Å². The highest BCUT2D eigenvalue weighted by Gasteiger charge is 2.38. The van der Waals surface area contributed by atoms with Gasteiger partial charge in [0.1, 0.15) is 5.56 Å². The van der Waals surface area contributed by atoms with Gasteiger partial charge in [-0.1, -0.05) is 11.6 Å². The number of hydrogen-bond acceptors (Lipinski definition) is 2. The maximum Gasteiger partial charge on any atom is 0.420 e. The van der Waals surface area contributed by atoms with E-state index in [0.29, 0.717) is 0 Å². The Kier molecular flexibility index (Phi) is 3.42. The molecule has 7 heteroatoms. The van der Waals surface area contributed by atoms with Gasteiger partial charge in [0, 0.05) is 0 Å². The Morgan fingerprint density at radius 1 is 1.38 bits per heavy atom. The van der Waals surface area contributed by atoms with Crippen LogP contribution in [0.15, 0.2) is 12.1 Å². The van der Waals surface area contributed by atoms with E-state index in [4.69, 9.17) is 11.6 Å². The molecule has 0 saturated heterocycles. The van der Waals surface area contributed by atoms with Gasteiger partial charge in [0.15, 0.2) is 5.82 Å². The van der Waals surface area contributed by atoms with Crippen LogP contribution in [0, 0.1) is 5.82 Å². The number of benzene rings is 1. The summed E-state index contributed by atoms with van der Waals surface area (Å²) < 4.78 is 54.6. The van der Waals surface area contributed by atoms with E-state index in [1.54, 1.807) is 0 Å². The predicted octanol–water partition coefficient (Wildman–Crippen LogP) is 3.28. The van der Waals surface area contributed by atoms with Crippen molar-refractivity contribution in [3.05, 3.63) is 34.1 Å². The highest BCUT2D eigenvalue weighted by Crippen LogP contribution is 2.37. The fraction of sp³-hybridized carbons (Fsp3) is 0.222. The third kappa shape index (κ3) is 2.27. The van der Waals surface area contributed by atoms with Crippen molar-refractivity contribution in [2.75, 3.05) is 7.11 Å². The van der Waals surface area contributed by atoms with Gasteiger partial charge in [-0.3, -0.25) is 0 Å². The Labute approximate surface area is 92.8 Å². The predicted molar refractivity (Wildman–Crippen MR) is 47.8 cm³/mol. The van der Waals surface area contributed by atoms with Crippen molar-refractivity contribution in [1.82, 2.24) is 0 Å². The van der Waals surface area contributed by atoms with E-state index < -0.39 is 34.1 Å². The number of alkyl halides is 3.